The van der Waals surface area contributed by atoms with Crippen molar-refractivity contribution in [2.24, 2.45) is 0 Å². The lowest BCUT2D eigenvalue weighted by Gasteiger charge is -2.14. The van der Waals surface area contributed by atoms with Crippen molar-refractivity contribution in [3.8, 4) is 11.8 Å². The first-order valence-electron chi connectivity index (χ1n) is 11.3. The van der Waals surface area contributed by atoms with Gasteiger partial charge in [-0.3, -0.25) is 4.57 Å². The molecular formula is C24H28N6O4. The van der Waals surface area contributed by atoms with Crippen LogP contribution in [0.1, 0.15) is 48.7 Å². The zero-order chi connectivity index (χ0) is 23.9. The van der Waals surface area contributed by atoms with Crippen LogP contribution in [0.4, 0.5) is 5.82 Å². The fourth-order valence-corrected chi connectivity index (χ4v) is 3.81. The molecule has 0 spiro atoms. The summed E-state index contributed by atoms with van der Waals surface area (Å²) in [6.45, 7) is 0.368. The molecular weight excluding hydrogens is 436 g/mol. The number of aryl methyl sites for hydroxylation is 1. The number of nitrogen functional groups attached to an aromatic ring is 1. The fourth-order valence-electron chi connectivity index (χ4n) is 3.81. The van der Waals surface area contributed by atoms with Gasteiger partial charge in [-0.25, -0.2) is 9.48 Å². The van der Waals surface area contributed by atoms with Crippen LogP contribution in [0.5, 0.6) is 0 Å². The highest BCUT2D eigenvalue weighted by Gasteiger charge is 2.35. The molecule has 4 N–H and O–H groups in total. The van der Waals surface area contributed by atoms with Crippen LogP contribution < -0.4 is 11.4 Å². The second-order valence-corrected chi connectivity index (χ2v) is 8.25. The number of ether oxygens (including phenoxy) is 1. The fraction of sp³-hybridized carbons (Fsp3) is 0.417. The third-order valence-electron chi connectivity index (χ3n) is 5.66. The summed E-state index contributed by atoms with van der Waals surface area (Å²) in [5.74, 6) is 6.11. The van der Waals surface area contributed by atoms with E-state index in [1.807, 2.05) is 29.1 Å². The van der Waals surface area contributed by atoms with Gasteiger partial charge in [0, 0.05) is 25.2 Å². The molecule has 3 heterocycles. The van der Waals surface area contributed by atoms with Crippen LogP contribution >= 0.6 is 0 Å². The van der Waals surface area contributed by atoms with Crippen LogP contribution in [0.25, 0.3) is 0 Å². The molecule has 4 rings (SSSR count). The van der Waals surface area contributed by atoms with Gasteiger partial charge in [-0.15, -0.1) is 5.10 Å². The van der Waals surface area contributed by atoms with Crippen LogP contribution in [0, 0.1) is 11.8 Å². The number of nitrogens with zero attached hydrogens (tertiary/aromatic N) is 5. The summed E-state index contributed by atoms with van der Waals surface area (Å²) in [6.07, 6.45) is 4.61. The van der Waals surface area contributed by atoms with Gasteiger partial charge in [-0.05, 0) is 24.8 Å². The minimum atomic E-state index is -0.853. The van der Waals surface area contributed by atoms with Crippen LogP contribution in [0.2, 0.25) is 0 Å². The second-order valence-electron chi connectivity index (χ2n) is 8.25. The van der Waals surface area contributed by atoms with Crippen molar-refractivity contribution < 1.29 is 14.9 Å². The van der Waals surface area contributed by atoms with Gasteiger partial charge in [0.25, 0.3) is 0 Å². The maximum Gasteiger partial charge on any atom is 0.351 e. The van der Waals surface area contributed by atoms with Crippen molar-refractivity contribution in [3.05, 3.63) is 70.0 Å². The Kier molecular flexibility index (Phi) is 7.69. The molecule has 0 amide bonds. The number of aliphatic hydroxyl groups excluding tert-OH is 2. The predicted octanol–water partition coefficient (Wildman–Crippen LogP) is 0.870. The van der Waals surface area contributed by atoms with Gasteiger partial charge >= 0.3 is 5.69 Å². The van der Waals surface area contributed by atoms with Gasteiger partial charge in [0.05, 0.1) is 30.5 Å². The van der Waals surface area contributed by atoms with Gasteiger partial charge in [-0.1, -0.05) is 47.4 Å². The first kappa shape index (κ1) is 23.6. The average molecular weight is 465 g/mol. The molecule has 1 aliphatic heterocycles. The SMILES string of the molecule is Nc1nc(=O)n([C@H]2C[C@H](O)[C@@H](CO)O2)cc1C#CCCCCc1cn(Cc2ccccc2)nn1. The molecule has 178 valence electrons. The molecule has 10 nitrogen and oxygen atoms in total. The van der Waals surface area contributed by atoms with Crippen molar-refractivity contribution >= 4 is 5.82 Å². The van der Waals surface area contributed by atoms with Gasteiger partial charge in [0.15, 0.2) is 0 Å². The number of nitrogens with two attached hydrogens (primary N) is 1. The van der Waals surface area contributed by atoms with E-state index < -0.39 is 24.1 Å². The highest BCUT2D eigenvalue weighted by molar-refractivity contribution is 5.48. The van der Waals surface area contributed by atoms with E-state index in [9.17, 15) is 15.0 Å². The van der Waals surface area contributed by atoms with Crippen LogP contribution in [0.3, 0.4) is 0 Å². The van der Waals surface area contributed by atoms with Gasteiger partial charge < -0.3 is 20.7 Å². The molecule has 0 radical (unpaired) electrons. The summed E-state index contributed by atoms with van der Waals surface area (Å²) in [4.78, 5) is 16.0. The Morgan fingerprint density at radius 1 is 1.21 bits per heavy atom. The molecule has 1 aliphatic rings. The number of benzene rings is 1. The maximum atomic E-state index is 12.2. The monoisotopic (exact) mass is 464 g/mol. The molecule has 1 aromatic carbocycles. The maximum absolute atomic E-state index is 12.2. The van der Waals surface area contributed by atoms with E-state index >= 15 is 0 Å². The number of hydrogen-bond donors (Lipinski definition) is 3. The molecule has 0 bridgehead atoms. The Labute approximate surface area is 197 Å². The summed E-state index contributed by atoms with van der Waals surface area (Å²) in [6, 6.07) is 10.1. The van der Waals surface area contributed by atoms with Crippen molar-refractivity contribution in [1.29, 1.82) is 0 Å². The molecule has 1 fully saturated rings. The summed E-state index contributed by atoms with van der Waals surface area (Å²) in [5.41, 5.74) is 7.84. The van der Waals surface area contributed by atoms with E-state index in [-0.39, 0.29) is 18.8 Å². The Morgan fingerprint density at radius 2 is 2.03 bits per heavy atom. The van der Waals surface area contributed by atoms with Gasteiger partial charge in [0.2, 0.25) is 0 Å². The highest BCUT2D eigenvalue weighted by atomic mass is 16.5. The second kappa shape index (κ2) is 11.1. The number of aliphatic hydroxyl groups is 2. The van der Waals surface area contributed by atoms with E-state index in [0.29, 0.717) is 18.5 Å². The van der Waals surface area contributed by atoms with E-state index in [4.69, 9.17) is 10.5 Å². The molecule has 2 aromatic heterocycles. The van der Waals surface area contributed by atoms with E-state index in [2.05, 4.69) is 39.3 Å². The molecule has 0 saturated carbocycles. The third kappa shape index (κ3) is 5.88. The topological polar surface area (TPSA) is 141 Å². The van der Waals surface area contributed by atoms with Crippen molar-refractivity contribution in [2.45, 2.75) is 57.1 Å². The van der Waals surface area contributed by atoms with Gasteiger partial charge in [-0.2, -0.15) is 4.98 Å². The van der Waals surface area contributed by atoms with Crippen LogP contribution in [0.15, 0.2) is 47.5 Å². The minimum absolute atomic E-state index is 0.0565. The standard InChI is InChI=1S/C24H28N6O4/c25-23-18(14-30(24(33)26-23)22-12-20(32)21(16-31)34-22)10-6-1-2-7-11-19-15-29(28-27-19)13-17-8-4-3-5-9-17/h3-5,8-9,14-15,20-22,31-32H,1-2,7,11-13,16H2,(H2,25,26,33)/t20-,21+,22+/m0/s1. The Balaban J connectivity index is 1.28. The Morgan fingerprint density at radius 3 is 2.79 bits per heavy atom. The number of unbranched alkanes of at least 4 members (excludes halogenated alkanes) is 2. The summed E-state index contributed by atoms with van der Waals surface area (Å²) in [7, 11) is 0. The Bertz CT molecular complexity index is 1210. The first-order valence-corrected chi connectivity index (χ1v) is 11.3. The molecule has 1 saturated heterocycles. The van der Waals surface area contributed by atoms with E-state index in [0.717, 1.165) is 25.0 Å². The van der Waals surface area contributed by atoms with Crippen molar-refractivity contribution in [3.63, 3.8) is 0 Å². The lowest BCUT2D eigenvalue weighted by Crippen LogP contribution is -2.28. The molecule has 3 aromatic rings. The van der Waals surface area contributed by atoms with Crippen molar-refractivity contribution in [2.75, 3.05) is 12.3 Å². The average Bonchev–Trinajstić information content (AvgIpc) is 3.43. The zero-order valence-electron chi connectivity index (χ0n) is 18.7. The number of anilines is 1. The van der Waals surface area contributed by atoms with E-state index in [1.165, 1.54) is 16.3 Å². The molecule has 3 atom stereocenters. The normalized spacial score (nSPS) is 19.6. The minimum Gasteiger partial charge on any atom is -0.394 e. The zero-order valence-corrected chi connectivity index (χ0v) is 18.7. The van der Waals surface area contributed by atoms with Crippen LogP contribution in [-0.4, -0.2) is 53.6 Å². The molecule has 0 aliphatic carbocycles. The summed E-state index contributed by atoms with van der Waals surface area (Å²) in [5, 5.41) is 27.6. The quantitative estimate of drug-likeness (QED) is 0.329. The van der Waals surface area contributed by atoms with Gasteiger partial charge in [0.1, 0.15) is 18.1 Å². The number of hydrogen-bond acceptors (Lipinski definition) is 8. The smallest absolute Gasteiger partial charge is 0.351 e. The number of rotatable bonds is 8. The predicted molar refractivity (Wildman–Crippen MR) is 125 cm³/mol. The first-order chi connectivity index (χ1) is 16.5. The Hall–Kier alpha value is -3.52. The number of aromatic nitrogens is 5. The van der Waals surface area contributed by atoms with Crippen molar-refractivity contribution in [1.82, 2.24) is 24.5 Å². The summed E-state index contributed by atoms with van der Waals surface area (Å²) >= 11 is 0. The molecule has 0 unspecified atom stereocenters. The molecule has 34 heavy (non-hydrogen) atoms. The lowest BCUT2D eigenvalue weighted by atomic mass is 10.1. The lowest BCUT2D eigenvalue weighted by molar-refractivity contribution is -0.0458. The highest BCUT2D eigenvalue weighted by Crippen LogP contribution is 2.27. The van der Waals surface area contributed by atoms with Crippen LogP contribution in [-0.2, 0) is 17.7 Å². The molecule has 10 heteroatoms. The largest absolute Gasteiger partial charge is 0.394 e. The third-order valence-corrected chi connectivity index (χ3v) is 5.66. The van der Waals surface area contributed by atoms with E-state index in [1.54, 1.807) is 0 Å². The summed E-state index contributed by atoms with van der Waals surface area (Å²) < 4.78 is 8.64.